The van der Waals surface area contributed by atoms with Crippen molar-refractivity contribution in [3.05, 3.63) is 24.3 Å². The molecule has 0 radical (unpaired) electrons. The Morgan fingerprint density at radius 1 is 1.33 bits per heavy atom. The normalized spacial score (nSPS) is 13.3. The number of sulfone groups is 1. The van der Waals surface area contributed by atoms with Gasteiger partial charge in [-0.05, 0) is 30.7 Å². The van der Waals surface area contributed by atoms with Gasteiger partial charge in [0, 0.05) is 31.6 Å². The number of ether oxygens (including phenoxy) is 1. The second-order valence-corrected chi connectivity index (χ2v) is 6.24. The van der Waals surface area contributed by atoms with Gasteiger partial charge in [-0.3, -0.25) is 0 Å². The van der Waals surface area contributed by atoms with Crippen LogP contribution in [-0.4, -0.2) is 41.0 Å². The average molecular weight is 272 g/mol. The lowest BCUT2D eigenvalue weighted by Crippen LogP contribution is -2.28. The zero-order valence-corrected chi connectivity index (χ0v) is 11.5. The van der Waals surface area contributed by atoms with Gasteiger partial charge in [-0.2, -0.15) is 0 Å². The molecule has 0 aliphatic rings. The lowest BCUT2D eigenvalue weighted by molar-refractivity contribution is 0.178. The van der Waals surface area contributed by atoms with E-state index in [2.05, 4.69) is 5.32 Å². The van der Waals surface area contributed by atoms with Crippen molar-refractivity contribution in [2.75, 3.05) is 31.8 Å². The first-order valence-electron chi connectivity index (χ1n) is 5.72. The van der Waals surface area contributed by atoms with E-state index in [1.54, 1.807) is 31.4 Å². The summed E-state index contributed by atoms with van der Waals surface area (Å²) in [6.07, 6.45) is 1.99. The fraction of sp³-hybridized carbons (Fsp3) is 0.500. The van der Waals surface area contributed by atoms with Crippen LogP contribution in [0.3, 0.4) is 0 Å². The van der Waals surface area contributed by atoms with Crippen molar-refractivity contribution in [1.29, 1.82) is 0 Å². The largest absolute Gasteiger partial charge is 0.385 e. The molecule has 1 aromatic rings. The third-order valence-corrected chi connectivity index (χ3v) is 3.64. The zero-order chi connectivity index (χ0) is 13.6. The third kappa shape index (κ3) is 5.03. The summed E-state index contributed by atoms with van der Waals surface area (Å²) < 4.78 is 27.5. The fourth-order valence-corrected chi connectivity index (χ4v) is 2.15. The van der Waals surface area contributed by atoms with Gasteiger partial charge in [0.05, 0.1) is 11.5 Å². The minimum atomic E-state index is -3.13. The highest BCUT2D eigenvalue weighted by Gasteiger charge is 2.06. The quantitative estimate of drug-likeness (QED) is 0.769. The van der Waals surface area contributed by atoms with Gasteiger partial charge in [0.2, 0.25) is 0 Å². The van der Waals surface area contributed by atoms with E-state index in [0.29, 0.717) is 11.5 Å². The Labute approximate surface area is 108 Å². The molecule has 102 valence electrons. The van der Waals surface area contributed by atoms with E-state index in [1.165, 1.54) is 6.26 Å². The first-order chi connectivity index (χ1) is 8.43. The van der Waals surface area contributed by atoms with Crippen LogP contribution in [0.2, 0.25) is 0 Å². The molecule has 0 aromatic heterocycles. The van der Waals surface area contributed by atoms with E-state index >= 15 is 0 Å². The van der Waals surface area contributed by atoms with Crippen LogP contribution < -0.4 is 11.1 Å². The maximum Gasteiger partial charge on any atom is 0.175 e. The number of methoxy groups -OCH3 is 1. The monoisotopic (exact) mass is 272 g/mol. The maximum absolute atomic E-state index is 11.3. The minimum Gasteiger partial charge on any atom is -0.385 e. The Morgan fingerprint density at radius 3 is 2.44 bits per heavy atom. The summed E-state index contributed by atoms with van der Waals surface area (Å²) in [6, 6.07) is 6.69. The number of nitrogens with one attached hydrogen (secondary N) is 1. The highest BCUT2D eigenvalue weighted by Crippen LogP contribution is 2.13. The van der Waals surface area contributed by atoms with Crippen LogP contribution in [0.5, 0.6) is 0 Å². The molecular formula is C12H20N2O3S. The molecule has 0 saturated heterocycles. The summed E-state index contributed by atoms with van der Waals surface area (Å²) in [5.74, 6) is 0. The summed E-state index contributed by atoms with van der Waals surface area (Å²) in [6.45, 7) is 1.26. The van der Waals surface area contributed by atoms with E-state index < -0.39 is 9.84 Å². The number of hydrogen-bond donors (Lipinski definition) is 2. The molecule has 0 bridgehead atoms. The van der Waals surface area contributed by atoms with Crippen molar-refractivity contribution in [3.8, 4) is 0 Å². The molecule has 0 amide bonds. The molecule has 6 heteroatoms. The second-order valence-electron chi connectivity index (χ2n) is 4.23. The van der Waals surface area contributed by atoms with Gasteiger partial charge in [-0.25, -0.2) is 8.42 Å². The lowest BCUT2D eigenvalue weighted by Gasteiger charge is -2.11. The number of anilines is 1. The molecule has 1 aromatic carbocycles. The molecule has 5 nitrogen and oxygen atoms in total. The number of rotatable bonds is 7. The Hall–Kier alpha value is -1.11. The topological polar surface area (TPSA) is 81.4 Å². The van der Waals surface area contributed by atoms with E-state index in [9.17, 15) is 8.42 Å². The van der Waals surface area contributed by atoms with Gasteiger partial charge in [0.15, 0.2) is 9.84 Å². The van der Waals surface area contributed by atoms with Gasteiger partial charge < -0.3 is 15.8 Å². The van der Waals surface area contributed by atoms with Crippen LogP contribution in [0.15, 0.2) is 29.2 Å². The van der Waals surface area contributed by atoms with Crippen LogP contribution in [0.1, 0.15) is 6.42 Å². The highest BCUT2D eigenvalue weighted by atomic mass is 32.2. The summed E-state index contributed by atoms with van der Waals surface area (Å²) in [7, 11) is -1.50. The van der Waals surface area contributed by atoms with E-state index in [4.69, 9.17) is 10.5 Å². The molecule has 1 atom stereocenters. The van der Waals surface area contributed by atoms with Crippen molar-refractivity contribution in [2.24, 2.45) is 5.73 Å². The van der Waals surface area contributed by atoms with Crippen LogP contribution in [-0.2, 0) is 14.6 Å². The number of hydrogen-bond acceptors (Lipinski definition) is 5. The summed E-state index contributed by atoms with van der Waals surface area (Å²) in [5.41, 5.74) is 6.67. The predicted octanol–water partition coefficient (Wildman–Crippen LogP) is 0.866. The van der Waals surface area contributed by atoms with Crippen LogP contribution >= 0.6 is 0 Å². The summed E-state index contributed by atoms with van der Waals surface area (Å²) in [4.78, 5) is 0.323. The molecule has 3 N–H and O–H groups in total. The predicted molar refractivity (Wildman–Crippen MR) is 72.5 cm³/mol. The van der Waals surface area contributed by atoms with Crippen LogP contribution in [0.25, 0.3) is 0 Å². The molecule has 0 saturated carbocycles. The Kier molecular flexibility index (Phi) is 5.58. The molecule has 0 aliphatic heterocycles. The van der Waals surface area contributed by atoms with Crippen LogP contribution in [0, 0.1) is 0 Å². The number of nitrogens with two attached hydrogens (primary N) is 1. The molecular weight excluding hydrogens is 252 g/mol. The maximum atomic E-state index is 11.3. The van der Waals surface area contributed by atoms with Crippen molar-refractivity contribution < 1.29 is 13.2 Å². The van der Waals surface area contributed by atoms with Gasteiger partial charge in [-0.15, -0.1) is 0 Å². The molecule has 1 rings (SSSR count). The third-order valence-electron chi connectivity index (χ3n) is 2.51. The van der Waals surface area contributed by atoms with Crippen molar-refractivity contribution in [1.82, 2.24) is 0 Å². The zero-order valence-electron chi connectivity index (χ0n) is 10.7. The lowest BCUT2D eigenvalue weighted by atomic mass is 10.2. The number of benzene rings is 1. The standard InChI is InChI=1S/C12H20N2O3S/c1-17-9-10(13)7-8-14-11-3-5-12(6-4-11)18(2,15)16/h3-6,10,14H,7-9,13H2,1-2H3. The SMILES string of the molecule is COCC(N)CCNc1ccc(S(C)(=O)=O)cc1. The Morgan fingerprint density at radius 2 is 1.94 bits per heavy atom. The first kappa shape index (κ1) is 14.9. The van der Waals surface area contributed by atoms with Crippen molar-refractivity contribution >= 4 is 15.5 Å². The molecule has 0 aliphatic carbocycles. The summed E-state index contributed by atoms with van der Waals surface area (Å²) in [5, 5.41) is 3.18. The molecule has 18 heavy (non-hydrogen) atoms. The summed E-state index contributed by atoms with van der Waals surface area (Å²) >= 11 is 0. The van der Waals surface area contributed by atoms with Crippen molar-refractivity contribution in [2.45, 2.75) is 17.4 Å². The van der Waals surface area contributed by atoms with Gasteiger partial charge in [0.1, 0.15) is 0 Å². The van der Waals surface area contributed by atoms with E-state index in [0.717, 1.165) is 18.7 Å². The van der Waals surface area contributed by atoms with E-state index in [1.807, 2.05) is 0 Å². The Balaban J connectivity index is 2.45. The van der Waals surface area contributed by atoms with Gasteiger partial charge in [0.25, 0.3) is 0 Å². The van der Waals surface area contributed by atoms with Crippen molar-refractivity contribution in [3.63, 3.8) is 0 Å². The minimum absolute atomic E-state index is 0.0118. The fourth-order valence-electron chi connectivity index (χ4n) is 1.52. The Bertz CT molecular complexity index is 457. The first-order valence-corrected chi connectivity index (χ1v) is 7.61. The smallest absolute Gasteiger partial charge is 0.175 e. The molecule has 1 unspecified atom stereocenters. The van der Waals surface area contributed by atoms with E-state index in [-0.39, 0.29) is 6.04 Å². The molecule has 0 heterocycles. The second kappa shape index (κ2) is 6.72. The van der Waals surface area contributed by atoms with Gasteiger partial charge in [-0.1, -0.05) is 0 Å². The highest BCUT2D eigenvalue weighted by molar-refractivity contribution is 7.90. The van der Waals surface area contributed by atoms with Crippen LogP contribution in [0.4, 0.5) is 5.69 Å². The molecule has 0 spiro atoms. The average Bonchev–Trinajstić information content (AvgIpc) is 2.29. The van der Waals surface area contributed by atoms with Gasteiger partial charge >= 0.3 is 0 Å². The molecule has 0 fully saturated rings.